The highest BCUT2D eigenvalue weighted by atomic mass is 16.5. The molecule has 0 saturated heterocycles. The molecular formula is C67H123NO5. The zero-order chi connectivity index (χ0) is 52.9. The van der Waals surface area contributed by atoms with Crippen molar-refractivity contribution >= 4 is 11.9 Å². The lowest BCUT2D eigenvalue weighted by Gasteiger charge is -2.20. The minimum atomic E-state index is -0.862. The molecule has 0 rings (SSSR count). The van der Waals surface area contributed by atoms with Crippen molar-refractivity contribution in [2.24, 2.45) is 0 Å². The van der Waals surface area contributed by atoms with Gasteiger partial charge in [-0.1, -0.05) is 280 Å². The molecule has 6 nitrogen and oxygen atoms in total. The van der Waals surface area contributed by atoms with Crippen LogP contribution in [-0.2, 0) is 14.3 Å². The average Bonchev–Trinajstić information content (AvgIpc) is 3.39. The van der Waals surface area contributed by atoms with E-state index in [1.807, 2.05) is 6.08 Å². The van der Waals surface area contributed by atoms with Crippen molar-refractivity contribution in [1.29, 1.82) is 0 Å². The summed E-state index contributed by atoms with van der Waals surface area (Å²) in [6.07, 6.45) is 81.2. The van der Waals surface area contributed by atoms with E-state index >= 15 is 0 Å². The van der Waals surface area contributed by atoms with Crippen LogP contribution in [0.2, 0.25) is 0 Å². The Morgan fingerprint density at radius 1 is 0.397 bits per heavy atom. The highest BCUT2D eigenvalue weighted by Crippen LogP contribution is 2.17. The average molecular weight is 1020 g/mol. The number of hydrogen-bond donors (Lipinski definition) is 3. The molecule has 0 aliphatic carbocycles. The Morgan fingerprint density at radius 3 is 1.15 bits per heavy atom. The third-order valence-electron chi connectivity index (χ3n) is 14.5. The largest absolute Gasteiger partial charge is 0.466 e. The molecule has 0 aromatic heterocycles. The SMILES string of the molecule is CCCCC/C=C\C/C=C\CCCCCCCCCC(=O)OCCCCC/C=C\C=C/CCCCCCCCC(=O)NC(CO)C(O)/C=C/CCCCCCCCCCCCCCCCCCCCCCCC. The van der Waals surface area contributed by atoms with E-state index in [1.54, 1.807) is 6.08 Å². The van der Waals surface area contributed by atoms with E-state index in [2.05, 4.69) is 67.8 Å². The zero-order valence-electron chi connectivity index (χ0n) is 48.6. The van der Waals surface area contributed by atoms with Gasteiger partial charge in [0.05, 0.1) is 25.4 Å². The second-order valence-corrected chi connectivity index (χ2v) is 21.8. The lowest BCUT2D eigenvalue weighted by molar-refractivity contribution is -0.143. The lowest BCUT2D eigenvalue weighted by atomic mass is 10.0. The number of aliphatic hydroxyl groups excluding tert-OH is 2. The van der Waals surface area contributed by atoms with Crippen molar-refractivity contribution < 1.29 is 24.5 Å². The molecule has 2 unspecified atom stereocenters. The molecule has 426 valence electrons. The number of aliphatic hydroxyl groups is 2. The van der Waals surface area contributed by atoms with Gasteiger partial charge in [-0.3, -0.25) is 9.59 Å². The number of carbonyl (C=O) groups is 2. The number of rotatable bonds is 59. The van der Waals surface area contributed by atoms with Gasteiger partial charge in [-0.05, 0) is 96.3 Å². The van der Waals surface area contributed by atoms with Crippen LogP contribution in [0.5, 0.6) is 0 Å². The molecule has 1 amide bonds. The molecule has 3 N–H and O–H groups in total. The molecule has 0 aliphatic heterocycles. The first kappa shape index (κ1) is 70.6. The third kappa shape index (κ3) is 58.7. The van der Waals surface area contributed by atoms with Gasteiger partial charge in [-0.25, -0.2) is 0 Å². The van der Waals surface area contributed by atoms with E-state index in [1.165, 1.54) is 218 Å². The Bertz CT molecular complexity index is 1270. The first-order valence-corrected chi connectivity index (χ1v) is 32.1. The second kappa shape index (κ2) is 62.1. The maximum absolute atomic E-state index is 12.5. The summed E-state index contributed by atoms with van der Waals surface area (Å²) >= 11 is 0. The molecule has 0 heterocycles. The fourth-order valence-corrected chi connectivity index (χ4v) is 9.60. The number of nitrogens with one attached hydrogen (secondary N) is 1. The summed E-state index contributed by atoms with van der Waals surface area (Å²) in [7, 11) is 0. The van der Waals surface area contributed by atoms with E-state index in [4.69, 9.17) is 4.74 Å². The highest BCUT2D eigenvalue weighted by molar-refractivity contribution is 5.76. The van der Waals surface area contributed by atoms with Crippen LogP contribution in [0, 0.1) is 0 Å². The van der Waals surface area contributed by atoms with Crippen LogP contribution in [0.1, 0.15) is 328 Å². The van der Waals surface area contributed by atoms with E-state index in [0.717, 1.165) is 83.5 Å². The van der Waals surface area contributed by atoms with Crippen molar-refractivity contribution in [2.75, 3.05) is 13.2 Å². The monoisotopic (exact) mass is 1020 g/mol. The summed E-state index contributed by atoms with van der Waals surface area (Å²) in [5.41, 5.74) is 0. The predicted octanol–water partition coefficient (Wildman–Crippen LogP) is 20.3. The van der Waals surface area contributed by atoms with Gasteiger partial charge in [0.25, 0.3) is 0 Å². The van der Waals surface area contributed by atoms with Crippen LogP contribution in [0.25, 0.3) is 0 Å². The molecule has 0 aromatic carbocycles. The molecule has 73 heavy (non-hydrogen) atoms. The van der Waals surface area contributed by atoms with Gasteiger partial charge < -0.3 is 20.3 Å². The number of unbranched alkanes of at least 4 members (excludes halogenated alkanes) is 41. The Morgan fingerprint density at radius 2 is 0.726 bits per heavy atom. The number of carbonyl (C=O) groups excluding carboxylic acids is 2. The third-order valence-corrected chi connectivity index (χ3v) is 14.5. The maximum atomic E-state index is 12.5. The van der Waals surface area contributed by atoms with Crippen molar-refractivity contribution in [3.8, 4) is 0 Å². The van der Waals surface area contributed by atoms with Crippen molar-refractivity contribution in [2.45, 2.75) is 341 Å². The first-order valence-electron chi connectivity index (χ1n) is 32.1. The summed E-state index contributed by atoms with van der Waals surface area (Å²) < 4.78 is 5.46. The number of hydrogen-bond acceptors (Lipinski definition) is 5. The molecule has 6 heteroatoms. The molecule has 2 atom stereocenters. The van der Waals surface area contributed by atoms with Crippen LogP contribution >= 0.6 is 0 Å². The number of amides is 1. The van der Waals surface area contributed by atoms with Gasteiger partial charge in [0.2, 0.25) is 5.91 Å². The first-order chi connectivity index (χ1) is 36.0. The highest BCUT2D eigenvalue weighted by Gasteiger charge is 2.18. The van der Waals surface area contributed by atoms with E-state index in [-0.39, 0.29) is 18.5 Å². The van der Waals surface area contributed by atoms with Crippen LogP contribution < -0.4 is 5.32 Å². The van der Waals surface area contributed by atoms with Gasteiger partial charge in [-0.2, -0.15) is 0 Å². The van der Waals surface area contributed by atoms with Gasteiger partial charge in [0, 0.05) is 12.8 Å². The van der Waals surface area contributed by atoms with Crippen LogP contribution in [0.15, 0.2) is 60.8 Å². The minimum Gasteiger partial charge on any atom is -0.466 e. The number of ether oxygens (including phenoxy) is 1. The molecule has 0 radical (unpaired) electrons. The normalized spacial score (nSPS) is 13.0. The van der Waals surface area contributed by atoms with Gasteiger partial charge in [-0.15, -0.1) is 0 Å². The van der Waals surface area contributed by atoms with E-state index in [9.17, 15) is 19.8 Å². The quantitative estimate of drug-likeness (QED) is 0.0244. The smallest absolute Gasteiger partial charge is 0.305 e. The van der Waals surface area contributed by atoms with Gasteiger partial charge in [0.1, 0.15) is 0 Å². The van der Waals surface area contributed by atoms with Gasteiger partial charge in [0.15, 0.2) is 0 Å². The van der Waals surface area contributed by atoms with Crippen molar-refractivity contribution in [3.05, 3.63) is 60.8 Å². The Kier molecular flexibility index (Phi) is 60.0. The Balaban J connectivity index is 3.54. The molecule has 0 aliphatic rings. The van der Waals surface area contributed by atoms with Gasteiger partial charge >= 0.3 is 5.97 Å². The summed E-state index contributed by atoms with van der Waals surface area (Å²) in [6.45, 7) is 4.83. The fraction of sp³-hybridized carbons (Fsp3) is 0.821. The molecule has 0 aromatic rings. The molecular weight excluding hydrogens is 899 g/mol. The number of esters is 1. The van der Waals surface area contributed by atoms with Crippen molar-refractivity contribution in [1.82, 2.24) is 5.32 Å². The summed E-state index contributed by atoms with van der Waals surface area (Å²) in [5.74, 6) is -0.120. The maximum Gasteiger partial charge on any atom is 0.305 e. The molecule has 0 bridgehead atoms. The zero-order valence-corrected chi connectivity index (χ0v) is 48.6. The molecule has 0 fully saturated rings. The van der Waals surface area contributed by atoms with Crippen LogP contribution in [0.3, 0.4) is 0 Å². The second-order valence-electron chi connectivity index (χ2n) is 21.8. The summed E-state index contributed by atoms with van der Waals surface area (Å²) in [4.78, 5) is 24.6. The topological polar surface area (TPSA) is 95.9 Å². The summed E-state index contributed by atoms with van der Waals surface area (Å²) in [5, 5.41) is 23.2. The predicted molar refractivity (Wildman–Crippen MR) is 319 cm³/mol. The number of allylic oxidation sites excluding steroid dienone is 9. The Labute approximate surface area is 454 Å². The summed E-state index contributed by atoms with van der Waals surface area (Å²) in [6, 6.07) is -0.648. The minimum absolute atomic E-state index is 0.0307. The van der Waals surface area contributed by atoms with Crippen LogP contribution in [-0.4, -0.2) is 47.4 Å². The molecule has 0 saturated carbocycles. The van der Waals surface area contributed by atoms with Crippen molar-refractivity contribution in [3.63, 3.8) is 0 Å². The van der Waals surface area contributed by atoms with E-state index in [0.29, 0.717) is 19.4 Å². The fourth-order valence-electron chi connectivity index (χ4n) is 9.60. The van der Waals surface area contributed by atoms with Crippen LogP contribution in [0.4, 0.5) is 0 Å². The van der Waals surface area contributed by atoms with E-state index < -0.39 is 12.1 Å². The molecule has 0 spiro atoms. The Hall–Kier alpha value is -2.44. The standard InChI is InChI=1S/C67H123NO5/c1-3-5-7-9-11-13-15-17-19-21-22-23-24-25-26-27-29-31-35-39-43-47-51-55-59-65(70)64(63-69)68-66(71)60-56-52-48-44-40-36-32-30-34-38-42-46-50-54-58-62-73-67(72)61-57-53-49-45-41-37-33-28-20-18-16-14-12-10-8-6-4-2/h12,14,18,20,30,34,38,42,55,59,64-65,69-70H,3-11,13,15-17,19,21-29,31-33,35-37,39-41,43-54,56-58,60-63H2,1-2H3,(H,68,71)/b14-12-,20-18-,34-30-,42-38-,59-55+. The lowest BCUT2D eigenvalue weighted by Crippen LogP contribution is -2.45.